The third-order valence-corrected chi connectivity index (χ3v) is 5.68. The summed E-state index contributed by atoms with van der Waals surface area (Å²) in [4.78, 5) is 0. The van der Waals surface area contributed by atoms with E-state index in [2.05, 4.69) is 0 Å². The molecule has 0 amide bonds. The quantitative estimate of drug-likeness (QED) is 0.300. The summed E-state index contributed by atoms with van der Waals surface area (Å²) in [6.45, 7) is 1.10. The van der Waals surface area contributed by atoms with Crippen molar-refractivity contribution in [1.82, 2.24) is 0 Å². The summed E-state index contributed by atoms with van der Waals surface area (Å²) >= 11 is 0. The van der Waals surface area contributed by atoms with Gasteiger partial charge in [0.25, 0.3) is 0 Å². The maximum absolute atomic E-state index is 13.0. The third kappa shape index (κ3) is 8.80. The molecule has 0 unspecified atom stereocenters. The average molecular weight is 448 g/mol. The monoisotopic (exact) mass is 448 g/mol. The molecule has 0 heterocycles. The summed E-state index contributed by atoms with van der Waals surface area (Å²) in [6.07, 6.45) is 1.80. The van der Waals surface area contributed by atoms with Gasteiger partial charge in [0, 0.05) is 0 Å². The van der Waals surface area contributed by atoms with E-state index in [-0.39, 0.29) is 17.5 Å². The van der Waals surface area contributed by atoms with Crippen molar-refractivity contribution in [2.75, 3.05) is 19.8 Å². The fourth-order valence-corrected chi connectivity index (χ4v) is 3.72. The molecule has 0 N–H and O–H groups in total. The van der Waals surface area contributed by atoms with Crippen molar-refractivity contribution in [3.05, 3.63) is 107 Å². The smallest absolute Gasteiger partial charge is 0.312 e. The van der Waals surface area contributed by atoms with Gasteiger partial charge in [-0.1, -0.05) is 36.4 Å². The van der Waals surface area contributed by atoms with Gasteiger partial charge in [-0.3, -0.25) is 0 Å². The Morgan fingerprint density at radius 2 is 0.710 bits per heavy atom. The van der Waals surface area contributed by atoms with Crippen LogP contribution in [0.3, 0.4) is 0 Å². The number of rotatable bonds is 12. The number of halogens is 3. The molecule has 7 heteroatoms. The number of benzene rings is 3. The van der Waals surface area contributed by atoms with Gasteiger partial charge in [0.15, 0.2) is 0 Å². The lowest BCUT2D eigenvalue weighted by atomic mass is 10.2. The zero-order valence-corrected chi connectivity index (χ0v) is 17.9. The molecule has 0 saturated heterocycles. The van der Waals surface area contributed by atoms with Crippen molar-refractivity contribution < 1.29 is 26.7 Å². The molecule has 3 aromatic carbocycles. The predicted octanol–water partition coefficient (Wildman–Crippen LogP) is 6.41. The van der Waals surface area contributed by atoms with E-state index in [4.69, 9.17) is 13.6 Å². The highest BCUT2D eigenvalue weighted by atomic mass is 31.2. The van der Waals surface area contributed by atoms with Crippen molar-refractivity contribution >= 4 is 8.60 Å². The van der Waals surface area contributed by atoms with Crippen LogP contribution in [0.5, 0.6) is 0 Å². The Kier molecular flexibility index (Phi) is 9.50. The van der Waals surface area contributed by atoms with E-state index in [0.717, 1.165) is 16.7 Å². The van der Waals surface area contributed by atoms with Gasteiger partial charge in [-0.15, -0.1) is 0 Å². The maximum atomic E-state index is 13.0. The lowest BCUT2D eigenvalue weighted by Crippen LogP contribution is -2.04. The second-order valence-electron chi connectivity index (χ2n) is 6.85. The van der Waals surface area contributed by atoms with Gasteiger partial charge >= 0.3 is 8.60 Å². The highest BCUT2D eigenvalue weighted by Gasteiger charge is 2.13. The lowest BCUT2D eigenvalue weighted by molar-refractivity contribution is 0.163. The van der Waals surface area contributed by atoms with Crippen molar-refractivity contribution in [2.24, 2.45) is 0 Å². The van der Waals surface area contributed by atoms with Crippen LogP contribution in [0.2, 0.25) is 0 Å². The lowest BCUT2D eigenvalue weighted by Gasteiger charge is -2.17. The van der Waals surface area contributed by atoms with Gasteiger partial charge in [0.05, 0.1) is 19.8 Å². The van der Waals surface area contributed by atoms with Gasteiger partial charge in [-0.2, -0.15) is 0 Å². The molecule has 164 valence electrons. The second kappa shape index (κ2) is 12.6. The Morgan fingerprint density at radius 3 is 0.968 bits per heavy atom. The highest BCUT2D eigenvalue weighted by Crippen LogP contribution is 2.40. The first-order valence-corrected chi connectivity index (χ1v) is 11.1. The van der Waals surface area contributed by atoms with Crippen LogP contribution >= 0.6 is 8.60 Å². The molecular weight excluding hydrogens is 424 g/mol. The molecule has 0 saturated carbocycles. The van der Waals surface area contributed by atoms with Crippen LogP contribution in [0.25, 0.3) is 0 Å². The molecule has 3 aromatic rings. The second-order valence-corrected chi connectivity index (χ2v) is 8.07. The van der Waals surface area contributed by atoms with Crippen molar-refractivity contribution in [3.8, 4) is 0 Å². The Labute approximate surface area is 181 Å². The fourth-order valence-electron chi connectivity index (χ4n) is 2.78. The molecule has 0 aliphatic carbocycles. The van der Waals surface area contributed by atoms with Crippen molar-refractivity contribution in [3.63, 3.8) is 0 Å². The molecule has 0 atom stereocenters. The van der Waals surface area contributed by atoms with Crippen LogP contribution in [0.4, 0.5) is 13.2 Å². The summed E-state index contributed by atoms with van der Waals surface area (Å²) in [6, 6.07) is 18.8. The summed E-state index contributed by atoms with van der Waals surface area (Å²) in [5.74, 6) is -0.833. The zero-order chi connectivity index (χ0) is 21.9. The van der Waals surface area contributed by atoms with Gasteiger partial charge in [-0.25, -0.2) is 13.2 Å². The standard InChI is InChI=1S/C24H24F3O3P/c25-22-7-1-19(2-8-22)13-16-28-31(29-17-14-20-3-9-23(26)10-4-20)30-18-15-21-5-11-24(27)12-6-21/h1-12H,13-18H2. The summed E-state index contributed by atoms with van der Waals surface area (Å²) < 4.78 is 56.5. The molecule has 0 fully saturated rings. The minimum atomic E-state index is -1.59. The normalized spacial score (nSPS) is 11.2. The van der Waals surface area contributed by atoms with E-state index in [1.54, 1.807) is 36.4 Å². The first-order chi connectivity index (χ1) is 15.1. The third-order valence-electron chi connectivity index (χ3n) is 4.50. The maximum Gasteiger partial charge on any atom is 0.332 e. The summed E-state index contributed by atoms with van der Waals surface area (Å²) in [5.41, 5.74) is 2.86. The minimum Gasteiger partial charge on any atom is -0.312 e. The Morgan fingerprint density at radius 1 is 0.452 bits per heavy atom. The van der Waals surface area contributed by atoms with E-state index < -0.39 is 8.60 Å². The molecule has 3 nitrogen and oxygen atoms in total. The van der Waals surface area contributed by atoms with Gasteiger partial charge in [0.1, 0.15) is 17.5 Å². The largest absolute Gasteiger partial charge is 0.332 e. The molecule has 0 bridgehead atoms. The van der Waals surface area contributed by atoms with Gasteiger partial charge < -0.3 is 13.6 Å². The fraction of sp³-hybridized carbons (Fsp3) is 0.250. The van der Waals surface area contributed by atoms with Gasteiger partial charge in [0.2, 0.25) is 0 Å². The summed E-state index contributed by atoms with van der Waals surface area (Å²) in [5, 5.41) is 0. The van der Waals surface area contributed by atoms with Crippen LogP contribution in [0, 0.1) is 17.5 Å². The first-order valence-electron chi connectivity index (χ1n) is 10.0. The van der Waals surface area contributed by atoms with Crippen molar-refractivity contribution in [2.45, 2.75) is 19.3 Å². The number of hydrogen-bond acceptors (Lipinski definition) is 3. The minimum absolute atomic E-state index is 0.278. The van der Waals surface area contributed by atoms with Crippen LogP contribution in [0.1, 0.15) is 16.7 Å². The predicted molar refractivity (Wildman–Crippen MR) is 115 cm³/mol. The zero-order valence-electron chi connectivity index (χ0n) is 17.0. The van der Waals surface area contributed by atoms with E-state index in [1.165, 1.54) is 36.4 Å². The molecule has 0 aliphatic rings. The van der Waals surface area contributed by atoms with E-state index in [1.807, 2.05) is 0 Å². The van der Waals surface area contributed by atoms with Gasteiger partial charge in [-0.05, 0) is 72.4 Å². The molecule has 0 radical (unpaired) electrons. The van der Waals surface area contributed by atoms with Crippen molar-refractivity contribution in [1.29, 1.82) is 0 Å². The van der Waals surface area contributed by atoms with E-state index in [9.17, 15) is 13.2 Å². The Hall–Kier alpha value is -2.24. The molecule has 31 heavy (non-hydrogen) atoms. The van der Waals surface area contributed by atoms with Crippen LogP contribution in [-0.4, -0.2) is 19.8 Å². The molecule has 0 aliphatic heterocycles. The van der Waals surface area contributed by atoms with Crippen LogP contribution in [-0.2, 0) is 32.8 Å². The first kappa shape index (κ1) is 23.4. The highest BCUT2D eigenvalue weighted by molar-refractivity contribution is 7.41. The van der Waals surface area contributed by atoms with E-state index >= 15 is 0 Å². The SMILES string of the molecule is Fc1ccc(CCOP(OCCc2ccc(F)cc2)OCCc2ccc(F)cc2)cc1. The van der Waals surface area contributed by atoms with Crippen LogP contribution in [0.15, 0.2) is 72.8 Å². The Balaban J connectivity index is 1.47. The molecule has 0 aromatic heterocycles. The van der Waals surface area contributed by atoms with Crippen LogP contribution < -0.4 is 0 Å². The Bertz CT molecular complexity index is 780. The average Bonchev–Trinajstić information content (AvgIpc) is 2.77. The molecular formula is C24H24F3O3P. The number of hydrogen-bond donors (Lipinski definition) is 0. The van der Waals surface area contributed by atoms with E-state index in [0.29, 0.717) is 39.1 Å². The topological polar surface area (TPSA) is 27.7 Å². The summed E-state index contributed by atoms with van der Waals surface area (Å²) in [7, 11) is -1.59. The molecule has 3 rings (SSSR count). The molecule has 0 spiro atoms.